The Bertz CT molecular complexity index is 558. The molecule has 0 spiro atoms. The van der Waals surface area contributed by atoms with E-state index in [0.29, 0.717) is 22.1 Å². The van der Waals surface area contributed by atoms with E-state index in [1.54, 1.807) is 12.1 Å². The molecule has 0 amide bonds. The molecule has 0 atom stereocenters. The molecule has 0 aliphatic rings. The highest BCUT2D eigenvalue weighted by Gasteiger charge is 2.10. The van der Waals surface area contributed by atoms with Gasteiger partial charge in [-0.2, -0.15) is 0 Å². The van der Waals surface area contributed by atoms with Gasteiger partial charge in [-0.15, -0.1) is 10.2 Å². The van der Waals surface area contributed by atoms with E-state index >= 15 is 0 Å². The van der Waals surface area contributed by atoms with E-state index in [-0.39, 0.29) is 5.02 Å². The largest absolute Gasteiger partial charge is 0.369 e. The average molecular weight is 286 g/mol. The Labute approximate surface area is 114 Å². The molecule has 1 aromatic heterocycles. The monoisotopic (exact) mass is 285 g/mol. The third-order valence-electron chi connectivity index (χ3n) is 2.31. The second-order valence-corrected chi connectivity index (χ2v) is 4.39. The molecule has 6 heteroatoms. The smallest absolute Gasteiger partial charge is 0.148 e. The summed E-state index contributed by atoms with van der Waals surface area (Å²) in [7, 11) is 0. The van der Waals surface area contributed by atoms with E-state index in [2.05, 4.69) is 15.5 Å². The van der Waals surface area contributed by atoms with Crippen LogP contribution >= 0.6 is 23.2 Å². The number of anilines is 1. The van der Waals surface area contributed by atoms with Crippen LogP contribution in [0.15, 0.2) is 24.3 Å². The summed E-state index contributed by atoms with van der Waals surface area (Å²) in [5, 5.41) is 11.3. The fourth-order valence-electron chi connectivity index (χ4n) is 1.47. The van der Waals surface area contributed by atoms with Gasteiger partial charge >= 0.3 is 0 Å². The van der Waals surface area contributed by atoms with E-state index in [9.17, 15) is 4.39 Å². The van der Waals surface area contributed by atoms with E-state index in [1.807, 2.05) is 6.92 Å². The van der Waals surface area contributed by atoms with Crippen LogP contribution in [0.2, 0.25) is 10.0 Å². The number of halogens is 3. The first-order valence-corrected chi connectivity index (χ1v) is 6.10. The summed E-state index contributed by atoms with van der Waals surface area (Å²) in [5.41, 5.74) is 0.964. The fraction of sp³-hybridized carbons (Fsp3) is 0.167. The van der Waals surface area contributed by atoms with Crippen molar-refractivity contribution in [3.05, 3.63) is 40.1 Å². The van der Waals surface area contributed by atoms with E-state index in [4.69, 9.17) is 23.2 Å². The topological polar surface area (TPSA) is 37.8 Å². The molecule has 18 heavy (non-hydrogen) atoms. The summed E-state index contributed by atoms with van der Waals surface area (Å²) >= 11 is 11.6. The van der Waals surface area contributed by atoms with Gasteiger partial charge in [0.1, 0.15) is 11.6 Å². The highest BCUT2D eigenvalue weighted by Crippen LogP contribution is 2.31. The third kappa shape index (κ3) is 2.71. The van der Waals surface area contributed by atoms with Crippen molar-refractivity contribution < 1.29 is 4.39 Å². The number of nitrogens with zero attached hydrogens (tertiary/aromatic N) is 2. The van der Waals surface area contributed by atoms with Crippen LogP contribution in [0.1, 0.15) is 6.92 Å². The predicted octanol–water partition coefficient (Wildman–Crippen LogP) is 4.02. The second-order valence-electron chi connectivity index (χ2n) is 3.58. The third-order valence-corrected chi connectivity index (χ3v) is 2.91. The Morgan fingerprint density at radius 3 is 2.56 bits per heavy atom. The first-order chi connectivity index (χ1) is 8.61. The molecule has 0 unspecified atom stereocenters. The van der Waals surface area contributed by atoms with Gasteiger partial charge in [0, 0.05) is 12.1 Å². The van der Waals surface area contributed by atoms with Crippen molar-refractivity contribution in [2.45, 2.75) is 6.92 Å². The SMILES string of the molecule is CCNc1ccc(-c2cc(F)c(Cl)cc2Cl)nn1. The van der Waals surface area contributed by atoms with E-state index in [1.165, 1.54) is 12.1 Å². The lowest BCUT2D eigenvalue weighted by Crippen LogP contribution is -2.00. The molecular formula is C12H10Cl2FN3. The van der Waals surface area contributed by atoms with Crippen molar-refractivity contribution in [1.82, 2.24) is 10.2 Å². The van der Waals surface area contributed by atoms with Crippen molar-refractivity contribution in [3.63, 3.8) is 0 Å². The molecule has 1 heterocycles. The number of rotatable bonds is 3. The van der Waals surface area contributed by atoms with Gasteiger partial charge in [0.05, 0.1) is 15.7 Å². The predicted molar refractivity (Wildman–Crippen MR) is 71.6 cm³/mol. The Morgan fingerprint density at radius 1 is 1.17 bits per heavy atom. The minimum atomic E-state index is -0.534. The number of hydrogen-bond acceptors (Lipinski definition) is 3. The minimum absolute atomic E-state index is 0.0130. The lowest BCUT2D eigenvalue weighted by atomic mass is 10.1. The van der Waals surface area contributed by atoms with E-state index < -0.39 is 5.82 Å². The molecule has 0 saturated heterocycles. The summed E-state index contributed by atoms with van der Waals surface area (Å²) in [6, 6.07) is 6.09. The Hall–Kier alpha value is -1.39. The lowest BCUT2D eigenvalue weighted by Gasteiger charge is -2.06. The molecule has 0 fully saturated rings. The van der Waals surface area contributed by atoms with Crippen molar-refractivity contribution in [3.8, 4) is 11.3 Å². The summed E-state index contributed by atoms with van der Waals surface area (Å²) < 4.78 is 13.4. The summed E-state index contributed by atoms with van der Waals surface area (Å²) in [6.45, 7) is 2.71. The van der Waals surface area contributed by atoms with E-state index in [0.717, 1.165) is 6.54 Å². The molecule has 0 bridgehead atoms. The van der Waals surface area contributed by atoms with Crippen LogP contribution in [-0.4, -0.2) is 16.7 Å². The van der Waals surface area contributed by atoms with Gasteiger partial charge in [0.2, 0.25) is 0 Å². The lowest BCUT2D eigenvalue weighted by molar-refractivity contribution is 0.628. The van der Waals surface area contributed by atoms with Gasteiger partial charge in [0.15, 0.2) is 0 Å². The second kappa shape index (κ2) is 5.50. The molecule has 2 aromatic rings. The molecule has 3 nitrogen and oxygen atoms in total. The standard InChI is InChI=1S/C12H10Cl2FN3/c1-2-16-12-4-3-11(17-18-12)7-5-10(15)9(14)6-8(7)13/h3-6H,2H2,1H3,(H,16,18). The van der Waals surface area contributed by atoms with Crippen LogP contribution in [0.4, 0.5) is 10.2 Å². The molecular weight excluding hydrogens is 276 g/mol. The molecule has 0 aliphatic heterocycles. The van der Waals surface area contributed by atoms with Crippen LogP contribution in [0.5, 0.6) is 0 Å². The maximum absolute atomic E-state index is 13.4. The highest BCUT2D eigenvalue weighted by molar-refractivity contribution is 6.36. The van der Waals surface area contributed by atoms with Gasteiger partial charge in [-0.25, -0.2) is 4.39 Å². The maximum Gasteiger partial charge on any atom is 0.148 e. The first-order valence-electron chi connectivity index (χ1n) is 5.34. The minimum Gasteiger partial charge on any atom is -0.369 e. The molecule has 0 aliphatic carbocycles. The quantitative estimate of drug-likeness (QED) is 0.866. The molecule has 1 N–H and O–H groups in total. The molecule has 2 rings (SSSR count). The number of benzene rings is 1. The number of hydrogen-bond donors (Lipinski definition) is 1. The zero-order valence-electron chi connectivity index (χ0n) is 9.54. The molecule has 0 saturated carbocycles. The molecule has 1 aromatic carbocycles. The number of nitrogens with one attached hydrogen (secondary N) is 1. The Kier molecular flexibility index (Phi) is 3.99. The first kappa shape index (κ1) is 13.1. The molecule has 0 radical (unpaired) electrons. The van der Waals surface area contributed by atoms with Crippen LogP contribution in [-0.2, 0) is 0 Å². The van der Waals surface area contributed by atoms with Crippen LogP contribution in [0, 0.1) is 5.82 Å². The summed E-state index contributed by atoms with van der Waals surface area (Å²) in [6.07, 6.45) is 0. The van der Waals surface area contributed by atoms with Crippen molar-refractivity contribution in [2.75, 3.05) is 11.9 Å². The Balaban J connectivity index is 2.39. The highest BCUT2D eigenvalue weighted by atomic mass is 35.5. The van der Waals surface area contributed by atoms with Crippen LogP contribution in [0.3, 0.4) is 0 Å². The number of aromatic nitrogens is 2. The van der Waals surface area contributed by atoms with Gasteiger partial charge in [-0.05, 0) is 31.2 Å². The van der Waals surface area contributed by atoms with Gasteiger partial charge in [-0.3, -0.25) is 0 Å². The summed E-state index contributed by atoms with van der Waals surface area (Å²) in [4.78, 5) is 0. The normalized spacial score (nSPS) is 10.4. The van der Waals surface area contributed by atoms with Gasteiger partial charge < -0.3 is 5.32 Å². The fourth-order valence-corrected chi connectivity index (χ4v) is 1.95. The summed E-state index contributed by atoms with van der Waals surface area (Å²) in [5.74, 6) is 0.125. The van der Waals surface area contributed by atoms with Gasteiger partial charge in [-0.1, -0.05) is 23.2 Å². The zero-order valence-corrected chi connectivity index (χ0v) is 11.1. The van der Waals surface area contributed by atoms with Crippen LogP contribution in [0.25, 0.3) is 11.3 Å². The molecule has 94 valence electrons. The average Bonchev–Trinajstić information content (AvgIpc) is 2.35. The Morgan fingerprint density at radius 2 is 1.94 bits per heavy atom. The van der Waals surface area contributed by atoms with Crippen LogP contribution < -0.4 is 5.32 Å². The van der Waals surface area contributed by atoms with Crippen molar-refractivity contribution in [2.24, 2.45) is 0 Å². The van der Waals surface area contributed by atoms with Crippen molar-refractivity contribution >= 4 is 29.0 Å². The zero-order chi connectivity index (χ0) is 13.1. The van der Waals surface area contributed by atoms with Crippen molar-refractivity contribution in [1.29, 1.82) is 0 Å². The van der Waals surface area contributed by atoms with Gasteiger partial charge in [0.25, 0.3) is 0 Å². The maximum atomic E-state index is 13.4.